The van der Waals surface area contributed by atoms with Crippen LogP contribution in [0.25, 0.3) is 0 Å². The van der Waals surface area contributed by atoms with Crippen molar-refractivity contribution in [2.24, 2.45) is 0 Å². The van der Waals surface area contributed by atoms with Gasteiger partial charge in [0, 0.05) is 25.0 Å². The van der Waals surface area contributed by atoms with Gasteiger partial charge < -0.3 is 9.64 Å². The molecule has 0 spiro atoms. The second-order valence-electron chi connectivity index (χ2n) is 12.6. The van der Waals surface area contributed by atoms with Gasteiger partial charge in [0.05, 0.1) is 35.9 Å². The Labute approximate surface area is 269 Å². The molecule has 6 rings (SSSR count). The van der Waals surface area contributed by atoms with Crippen LogP contribution in [0.1, 0.15) is 58.8 Å². The fourth-order valence-electron chi connectivity index (χ4n) is 7.14. The van der Waals surface area contributed by atoms with E-state index in [-0.39, 0.29) is 23.6 Å². The largest absolute Gasteiger partial charge is 0.416 e. The first-order chi connectivity index (χ1) is 22.3. The van der Waals surface area contributed by atoms with E-state index in [1.807, 2.05) is 79.7 Å². The number of piperidine rings is 1. The van der Waals surface area contributed by atoms with Crippen LogP contribution >= 0.6 is 0 Å². The Balaban J connectivity index is 1.39. The molecule has 0 unspecified atom stereocenters. The van der Waals surface area contributed by atoms with Crippen molar-refractivity contribution in [2.75, 3.05) is 20.6 Å². The number of ether oxygens (including phenoxy) is 1. The summed E-state index contributed by atoms with van der Waals surface area (Å²) in [5, 5.41) is 13.5. The molecule has 250 valence electrons. The van der Waals surface area contributed by atoms with E-state index >= 15 is 0 Å². The third-order valence-electron chi connectivity index (χ3n) is 9.28. The summed E-state index contributed by atoms with van der Waals surface area (Å²) in [7, 11) is 3.93. The topological polar surface area (TPSA) is 59.3 Å². The second kappa shape index (κ2) is 13.0. The van der Waals surface area contributed by atoms with E-state index in [0.29, 0.717) is 38.2 Å². The lowest BCUT2D eigenvalue weighted by Gasteiger charge is -2.50. The van der Waals surface area contributed by atoms with Crippen LogP contribution in [0.2, 0.25) is 0 Å². The fourth-order valence-corrected chi connectivity index (χ4v) is 7.14. The van der Waals surface area contributed by atoms with Crippen LogP contribution in [0.15, 0.2) is 78.9 Å². The SMILES string of the molecule is CN(C)CCn1nnc([C@@H]2C[C@@]3(c4ccccc4)[C@H](OCc4cc(C(F)(F)F)cc(C(F)(F)F)c4)CC[C@@H]2N3Cc2ccccc2)n1. The summed E-state index contributed by atoms with van der Waals surface area (Å²) in [5.41, 5.74) is -1.66. The summed E-state index contributed by atoms with van der Waals surface area (Å²) >= 11 is 0. The summed E-state index contributed by atoms with van der Waals surface area (Å²) in [4.78, 5) is 6.00. The number of nitrogens with zero attached hydrogens (tertiary/aromatic N) is 6. The van der Waals surface area contributed by atoms with E-state index in [0.717, 1.165) is 29.8 Å². The third kappa shape index (κ3) is 6.93. The van der Waals surface area contributed by atoms with Crippen LogP contribution in [0, 0.1) is 0 Å². The fraction of sp³-hybridized carbons (Fsp3) is 0.441. The molecule has 0 saturated carbocycles. The normalized spacial score (nSPS) is 23.5. The van der Waals surface area contributed by atoms with Gasteiger partial charge in [-0.1, -0.05) is 60.7 Å². The van der Waals surface area contributed by atoms with E-state index in [1.54, 1.807) is 4.80 Å². The van der Waals surface area contributed by atoms with Crippen LogP contribution in [-0.2, 0) is 42.3 Å². The van der Waals surface area contributed by atoms with E-state index in [1.165, 1.54) is 0 Å². The summed E-state index contributed by atoms with van der Waals surface area (Å²) in [6.45, 7) is 1.43. The van der Waals surface area contributed by atoms with Gasteiger partial charge in [-0.15, -0.1) is 10.2 Å². The van der Waals surface area contributed by atoms with E-state index in [2.05, 4.69) is 15.2 Å². The van der Waals surface area contributed by atoms with Gasteiger partial charge >= 0.3 is 12.4 Å². The Hall–Kier alpha value is -3.81. The smallest absolute Gasteiger partial charge is 0.371 e. The number of hydrogen-bond acceptors (Lipinski definition) is 6. The molecule has 2 bridgehead atoms. The quantitative estimate of drug-likeness (QED) is 0.173. The number of tetrazole rings is 1. The molecule has 3 aromatic carbocycles. The summed E-state index contributed by atoms with van der Waals surface area (Å²) in [6.07, 6.45) is -8.69. The highest BCUT2D eigenvalue weighted by Gasteiger charge is 2.61. The molecule has 2 aliphatic rings. The number of alkyl halides is 6. The Morgan fingerprint density at radius 3 is 2.11 bits per heavy atom. The van der Waals surface area contributed by atoms with Gasteiger partial charge in [0.2, 0.25) is 0 Å². The Bertz CT molecular complexity index is 1610. The molecule has 0 radical (unpaired) electrons. The van der Waals surface area contributed by atoms with Crippen molar-refractivity contribution in [3.05, 3.63) is 113 Å². The molecule has 4 atom stereocenters. The minimum atomic E-state index is -4.94. The first-order valence-corrected chi connectivity index (χ1v) is 15.5. The first kappa shape index (κ1) is 33.1. The molecule has 0 aliphatic carbocycles. The number of rotatable bonds is 10. The lowest BCUT2D eigenvalue weighted by Crippen LogP contribution is -2.56. The van der Waals surface area contributed by atoms with Gasteiger partial charge in [-0.3, -0.25) is 4.90 Å². The van der Waals surface area contributed by atoms with Crippen molar-refractivity contribution in [1.82, 2.24) is 30.0 Å². The highest BCUT2D eigenvalue weighted by molar-refractivity contribution is 5.35. The molecule has 4 aromatic rings. The number of halogens is 6. The minimum absolute atomic E-state index is 0.00727. The van der Waals surface area contributed by atoms with Crippen molar-refractivity contribution >= 4 is 0 Å². The number of aromatic nitrogens is 4. The molecule has 7 nitrogen and oxygen atoms in total. The summed E-state index contributed by atoms with van der Waals surface area (Å²) in [6, 6.07) is 21.3. The monoisotopic (exact) mass is 658 g/mol. The molecule has 3 heterocycles. The maximum absolute atomic E-state index is 13.7. The lowest BCUT2D eigenvalue weighted by atomic mass is 9.78. The van der Waals surface area contributed by atoms with Gasteiger partial charge in [0.1, 0.15) is 0 Å². The molecule has 0 amide bonds. The highest BCUT2D eigenvalue weighted by atomic mass is 19.4. The van der Waals surface area contributed by atoms with E-state index < -0.39 is 41.7 Å². The molecule has 2 aliphatic heterocycles. The van der Waals surface area contributed by atoms with Gasteiger partial charge in [-0.2, -0.15) is 31.1 Å². The predicted octanol–water partition coefficient (Wildman–Crippen LogP) is 6.91. The summed E-state index contributed by atoms with van der Waals surface area (Å²) in [5.74, 6) is 0.476. The van der Waals surface area contributed by atoms with Crippen molar-refractivity contribution in [2.45, 2.75) is 74.9 Å². The first-order valence-electron chi connectivity index (χ1n) is 15.5. The molecule has 1 aromatic heterocycles. The van der Waals surface area contributed by atoms with Crippen molar-refractivity contribution in [1.29, 1.82) is 0 Å². The van der Waals surface area contributed by atoms with E-state index in [9.17, 15) is 26.3 Å². The standard InChI is InChI=1S/C34H36F6N6O/c1-44(2)15-16-46-42-31(41-43-46)28-20-32(25-11-7-4-8-12-25)30(14-13-29(28)45(32)21-23-9-5-3-6-10-23)47-22-24-17-26(33(35,36)37)19-27(18-24)34(38,39)40/h3-12,17-19,28-30H,13-16,20-22H2,1-2H3/t28-,29+,30-,32-/m1/s1. The highest BCUT2D eigenvalue weighted by Crippen LogP contribution is 2.57. The van der Waals surface area contributed by atoms with Crippen LogP contribution in [0.4, 0.5) is 26.3 Å². The van der Waals surface area contributed by atoms with Crippen molar-refractivity contribution in [3.8, 4) is 0 Å². The predicted molar refractivity (Wildman–Crippen MR) is 162 cm³/mol. The molecule has 0 N–H and O–H groups in total. The molecular formula is C34H36F6N6O. The molecule has 2 saturated heterocycles. The van der Waals surface area contributed by atoms with Gasteiger partial charge in [-0.25, -0.2) is 0 Å². The third-order valence-corrected chi connectivity index (χ3v) is 9.28. The van der Waals surface area contributed by atoms with Crippen LogP contribution < -0.4 is 0 Å². The number of likely N-dealkylation sites (N-methyl/N-ethyl adjacent to an activating group) is 1. The maximum Gasteiger partial charge on any atom is 0.416 e. The number of benzene rings is 3. The van der Waals surface area contributed by atoms with Gasteiger partial charge in [0.15, 0.2) is 5.82 Å². The van der Waals surface area contributed by atoms with Crippen molar-refractivity contribution < 1.29 is 31.1 Å². The van der Waals surface area contributed by atoms with Crippen molar-refractivity contribution in [3.63, 3.8) is 0 Å². The average molecular weight is 659 g/mol. The molecule has 2 fully saturated rings. The number of fused-ring (bicyclic) bond motifs is 2. The zero-order valence-corrected chi connectivity index (χ0v) is 26.0. The number of hydrogen-bond donors (Lipinski definition) is 0. The average Bonchev–Trinajstić information content (AvgIpc) is 3.58. The molecule has 47 heavy (non-hydrogen) atoms. The summed E-state index contributed by atoms with van der Waals surface area (Å²) < 4.78 is 88.4. The maximum atomic E-state index is 13.7. The van der Waals surface area contributed by atoms with Crippen LogP contribution in [0.3, 0.4) is 0 Å². The van der Waals surface area contributed by atoms with Gasteiger partial charge in [-0.05, 0) is 73.5 Å². The van der Waals surface area contributed by atoms with Crippen LogP contribution in [0.5, 0.6) is 0 Å². The minimum Gasteiger partial charge on any atom is -0.371 e. The van der Waals surface area contributed by atoms with Gasteiger partial charge in [0.25, 0.3) is 0 Å². The van der Waals surface area contributed by atoms with E-state index in [4.69, 9.17) is 9.84 Å². The lowest BCUT2D eigenvalue weighted by molar-refractivity contribution is -0.143. The second-order valence-corrected chi connectivity index (χ2v) is 12.6. The molecule has 13 heteroatoms. The Morgan fingerprint density at radius 1 is 0.851 bits per heavy atom. The zero-order chi connectivity index (χ0) is 33.4. The zero-order valence-electron chi connectivity index (χ0n) is 26.0. The Kier molecular flexibility index (Phi) is 9.16. The Morgan fingerprint density at radius 2 is 1.49 bits per heavy atom. The van der Waals surface area contributed by atoms with Crippen LogP contribution in [-0.4, -0.2) is 62.8 Å². The molecular weight excluding hydrogens is 622 g/mol.